The van der Waals surface area contributed by atoms with Crippen molar-refractivity contribution in [3.05, 3.63) is 42.4 Å². The highest BCUT2D eigenvalue weighted by Crippen LogP contribution is 2.24. The third kappa shape index (κ3) is 1.44. The van der Waals surface area contributed by atoms with Crippen molar-refractivity contribution in [1.82, 2.24) is 9.97 Å². The van der Waals surface area contributed by atoms with E-state index in [1.807, 2.05) is 31.2 Å². The molecule has 0 radical (unpaired) electrons. The molecule has 1 aromatic carbocycles. The lowest BCUT2D eigenvalue weighted by Gasteiger charge is -2.06. The summed E-state index contributed by atoms with van der Waals surface area (Å²) in [6.45, 7) is 2.04. The van der Waals surface area contributed by atoms with Crippen LogP contribution in [0.5, 0.6) is 0 Å². The lowest BCUT2D eigenvalue weighted by Crippen LogP contribution is -1.95. The number of nitrogens with zero attached hydrogens (tertiary/aromatic N) is 2. The Morgan fingerprint density at radius 2 is 2.00 bits per heavy atom. The van der Waals surface area contributed by atoms with Crippen molar-refractivity contribution in [3.63, 3.8) is 0 Å². The second-order valence-corrected chi connectivity index (χ2v) is 3.14. The molecule has 2 rings (SSSR count). The molecule has 1 aromatic heterocycles. The van der Waals surface area contributed by atoms with Crippen LogP contribution in [-0.4, -0.2) is 9.97 Å². The van der Waals surface area contributed by atoms with Crippen LogP contribution >= 0.6 is 0 Å². The second kappa shape index (κ2) is 3.46. The summed E-state index contributed by atoms with van der Waals surface area (Å²) < 4.78 is 0. The fourth-order valence-electron chi connectivity index (χ4n) is 1.40. The Kier molecular flexibility index (Phi) is 2.14. The first-order valence-corrected chi connectivity index (χ1v) is 4.40. The van der Waals surface area contributed by atoms with E-state index in [1.165, 1.54) is 6.33 Å². The van der Waals surface area contributed by atoms with E-state index in [0.29, 0.717) is 5.69 Å². The SMILES string of the molecule is Cc1ccccc1-c1ncncc1N. The van der Waals surface area contributed by atoms with Crippen molar-refractivity contribution in [2.75, 3.05) is 5.73 Å². The van der Waals surface area contributed by atoms with Crippen LogP contribution in [-0.2, 0) is 0 Å². The van der Waals surface area contributed by atoms with E-state index in [2.05, 4.69) is 9.97 Å². The Hall–Kier alpha value is -1.90. The summed E-state index contributed by atoms with van der Waals surface area (Å²) in [4.78, 5) is 8.04. The van der Waals surface area contributed by atoms with Gasteiger partial charge in [-0.15, -0.1) is 0 Å². The molecule has 1 heterocycles. The number of hydrogen-bond donors (Lipinski definition) is 1. The van der Waals surface area contributed by atoms with Crippen molar-refractivity contribution < 1.29 is 0 Å². The molecule has 0 aliphatic carbocycles. The normalized spacial score (nSPS) is 10.1. The van der Waals surface area contributed by atoms with E-state index in [0.717, 1.165) is 16.8 Å². The number of aryl methyl sites for hydroxylation is 1. The van der Waals surface area contributed by atoms with Crippen molar-refractivity contribution in [3.8, 4) is 11.3 Å². The molecule has 0 saturated heterocycles. The Morgan fingerprint density at radius 1 is 1.21 bits per heavy atom. The van der Waals surface area contributed by atoms with E-state index in [4.69, 9.17) is 5.73 Å². The summed E-state index contributed by atoms with van der Waals surface area (Å²) in [5.41, 5.74) is 9.44. The summed E-state index contributed by atoms with van der Waals surface area (Å²) in [6, 6.07) is 8.02. The molecule has 0 spiro atoms. The zero-order valence-corrected chi connectivity index (χ0v) is 7.94. The van der Waals surface area contributed by atoms with Crippen molar-refractivity contribution in [2.24, 2.45) is 0 Å². The maximum absolute atomic E-state index is 5.80. The predicted octanol–water partition coefficient (Wildman–Crippen LogP) is 2.03. The van der Waals surface area contributed by atoms with Gasteiger partial charge in [0.05, 0.1) is 17.6 Å². The summed E-state index contributed by atoms with van der Waals surface area (Å²) >= 11 is 0. The first kappa shape index (κ1) is 8.69. The van der Waals surface area contributed by atoms with E-state index in [-0.39, 0.29) is 0 Å². The lowest BCUT2D eigenvalue weighted by atomic mass is 10.1. The molecule has 70 valence electrons. The first-order chi connectivity index (χ1) is 6.79. The fourth-order valence-corrected chi connectivity index (χ4v) is 1.40. The Labute approximate surface area is 82.6 Å². The highest BCUT2D eigenvalue weighted by molar-refractivity contribution is 5.73. The number of nitrogens with two attached hydrogens (primary N) is 1. The standard InChI is InChI=1S/C11H11N3/c1-8-4-2-3-5-9(8)11-10(12)6-13-7-14-11/h2-7H,12H2,1H3. The third-order valence-electron chi connectivity index (χ3n) is 2.14. The van der Waals surface area contributed by atoms with Crippen LogP contribution in [0.1, 0.15) is 5.56 Å². The van der Waals surface area contributed by atoms with Gasteiger partial charge in [0.1, 0.15) is 6.33 Å². The largest absolute Gasteiger partial charge is 0.396 e. The third-order valence-corrected chi connectivity index (χ3v) is 2.14. The molecule has 0 amide bonds. The highest BCUT2D eigenvalue weighted by Gasteiger charge is 2.05. The van der Waals surface area contributed by atoms with Crippen LogP contribution in [0.15, 0.2) is 36.8 Å². The van der Waals surface area contributed by atoms with Gasteiger partial charge < -0.3 is 5.73 Å². The van der Waals surface area contributed by atoms with E-state index in [9.17, 15) is 0 Å². The van der Waals surface area contributed by atoms with Crippen molar-refractivity contribution in [1.29, 1.82) is 0 Å². The van der Waals surface area contributed by atoms with Gasteiger partial charge in [-0.05, 0) is 12.5 Å². The van der Waals surface area contributed by atoms with Crippen LogP contribution in [0.3, 0.4) is 0 Å². The number of hydrogen-bond acceptors (Lipinski definition) is 3. The van der Waals surface area contributed by atoms with Gasteiger partial charge in [-0.25, -0.2) is 9.97 Å². The number of rotatable bonds is 1. The molecule has 3 nitrogen and oxygen atoms in total. The molecule has 0 bridgehead atoms. The fraction of sp³-hybridized carbons (Fsp3) is 0.0909. The van der Waals surface area contributed by atoms with Crippen molar-refractivity contribution in [2.45, 2.75) is 6.92 Å². The van der Waals surface area contributed by atoms with E-state index >= 15 is 0 Å². The van der Waals surface area contributed by atoms with Gasteiger partial charge in [-0.2, -0.15) is 0 Å². The van der Waals surface area contributed by atoms with Crippen LogP contribution in [0.2, 0.25) is 0 Å². The number of nitrogen functional groups attached to an aromatic ring is 1. The second-order valence-electron chi connectivity index (χ2n) is 3.14. The molecule has 0 unspecified atom stereocenters. The van der Waals surface area contributed by atoms with Crippen LogP contribution < -0.4 is 5.73 Å². The molecule has 3 heteroatoms. The minimum Gasteiger partial charge on any atom is -0.396 e. The van der Waals surface area contributed by atoms with Crippen LogP contribution in [0.4, 0.5) is 5.69 Å². The Morgan fingerprint density at radius 3 is 2.71 bits per heavy atom. The maximum Gasteiger partial charge on any atom is 0.116 e. The smallest absolute Gasteiger partial charge is 0.116 e. The van der Waals surface area contributed by atoms with Gasteiger partial charge in [0.2, 0.25) is 0 Å². The average Bonchev–Trinajstić information content (AvgIpc) is 2.20. The Balaban J connectivity index is 2.61. The summed E-state index contributed by atoms with van der Waals surface area (Å²) in [7, 11) is 0. The molecule has 14 heavy (non-hydrogen) atoms. The van der Waals surface area contributed by atoms with Crippen LogP contribution in [0.25, 0.3) is 11.3 Å². The van der Waals surface area contributed by atoms with E-state index < -0.39 is 0 Å². The van der Waals surface area contributed by atoms with Crippen molar-refractivity contribution >= 4 is 5.69 Å². The quantitative estimate of drug-likeness (QED) is 0.739. The number of aromatic nitrogens is 2. The average molecular weight is 185 g/mol. The molecule has 2 N–H and O–H groups in total. The zero-order valence-electron chi connectivity index (χ0n) is 7.94. The maximum atomic E-state index is 5.80. The molecule has 0 saturated carbocycles. The summed E-state index contributed by atoms with van der Waals surface area (Å²) in [5, 5.41) is 0. The first-order valence-electron chi connectivity index (χ1n) is 4.40. The highest BCUT2D eigenvalue weighted by atomic mass is 14.9. The minimum atomic E-state index is 0.613. The van der Waals surface area contributed by atoms with Gasteiger partial charge in [0, 0.05) is 5.56 Å². The molecular weight excluding hydrogens is 174 g/mol. The molecule has 2 aromatic rings. The number of benzene rings is 1. The minimum absolute atomic E-state index is 0.613. The lowest BCUT2D eigenvalue weighted by molar-refractivity contribution is 1.17. The molecule has 0 aliphatic rings. The summed E-state index contributed by atoms with van der Waals surface area (Å²) in [5.74, 6) is 0. The van der Waals surface area contributed by atoms with Gasteiger partial charge in [0.15, 0.2) is 0 Å². The molecule has 0 aliphatic heterocycles. The molecule has 0 atom stereocenters. The molecule has 0 fully saturated rings. The monoisotopic (exact) mass is 185 g/mol. The predicted molar refractivity (Wildman–Crippen MR) is 56.6 cm³/mol. The number of anilines is 1. The topological polar surface area (TPSA) is 51.8 Å². The van der Waals surface area contributed by atoms with Gasteiger partial charge in [-0.1, -0.05) is 24.3 Å². The van der Waals surface area contributed by atoms with Gasteiger partial charge in [-0.3, -0.25) is 0 Å². The molecular formula is C11H11N3. The zero-order chi connectivity index (χ0) is 9.97. The van der Waals surface area contributed by atoms with Crippen LogP contribution in [0, 0.1) is 6.92 Å². The van der Waals surface area contributed by atoms with E-state index in [1.54, 1.807) is 6.20 Å². The Bertz CT molecular complexity index is 408. The van der Waals surface area contributed by atoms with Gasteiger partial charge in [0.25, 0.3) is 0 Å². The van der Waals surface area contributed by atoms with Gasteiger partial charge >= 0.3 is 0 Å². The summed E-state index contributed by atoms with van der Waals surface area (Å²) in [6.07, 6.45) is 3.13.